The van der Waals surface area contributed by atoms with Crippen molar-refractivity contribution in [2.45, 2.75) is 39.8 Å². The molecule has 0 saturated heterocycles. The van der Waals surface area contributed by atoms with Crippen molar-refractivity contribution < 1.29 is 14.3 Å². The highest BCUT2D eigenvalue weighted by Crippen LogP contribution is 2.21. The van der Waals surface area contributed by atoms with E-state index in [-0.39, 0.29) is 5.91 Å². The molecule has 0 heterocycles. The van der Waals surface area contributed by atoms with Gasteiger partial charge in [0, 0.05) is 19.2 Å². The molecule has 0 fully saturated rings. The summed E-state index contributed by atoms with van der Waals surface area (Å²) in [5.74, 6) is 1.48. The lowest BCUT2D eigenvalue weighted by atomic mass is 10.1. The number of ether oxygens (including phenoxy) is 2. The Morgan fingerprint density at radius 3 is 2.48 bits per heavy atom. The van der Waals surface area contributed by atoms with E-state index in [1.807, 2.05) is 56.3 Å². The SMILES string of the molecule is CC[C@H](Oc1ccc(C)c(C)c1)C(=O)N(C)Cc1ccccc1OC. The van der Waals surface area contributed by atoms with Crippen molar-refractivity contribution >= 4 is 5.91 Å². The molecule has 4 heteroatoms. The number of methoxy groups -OCH3 is 1. The van der Waals surface area contributed by atoms with E-state index in [0.29, 0.717) is 13.0 Å². The summed E-state index contributed by atoms with van der Waals surface area (Å²) in [5.41, 5.74) is 3.34. The van der Waals surface area contributed by atoms with Crippen LogP contribution in [0.25, 0.3) is 0 Å². The maximum Gasteiger partial charge on any atom is 0.263 e. The second-order valence-electron chi connectivity index (χ2n) is 6.27. The number of amides is 1. The predicted octanol–water partition coefficient (Wildman–Crippen LogP) is 4.13. The molecule has 0 bridgehead atoms. The number of hydrogen-bond donors (Lipinski definition) is 0. The highest BCUT2D eigenvalue weighted by atomic mass is 16.5. The first-order valence-electron chi connectivity index (χ1n) is 8.57. The van der Waals surface area contributed by atoms with Gasteiger partial charge < -0.3 is 14.4 Å². The summed E-state index contributed by atoms with van der Waals surface area (Å²) in [6.07, 6.45) is 0.115. The van der Waals surface area contributed by atoms with Crippen LogP contribution in [0.2, 0.25) is 0 Å². The van der Waals surface area contributed by atoms with Gasteiger partial charge in [0.05, 0.1) is 7.11 Å². The second kappa shape index (κ2) is 8.56. The maximum atomic E-state index is 12.8. The molecule has 0 aromatic heterocycles. The fraction of sp³-hybridized carbons (Fsp3) is 0.381. The summed E-state index contributed by atoms with van der Waals surface area (Å²) in [7, 11) is 3.43. The fourth-order valence-corrected chi connectivity index (χ4v) is 2.67. The standard InChI is InChI=1S/C21H27NO3/c1-6-19(25-18-12-11-15(2)16(3)13-18)21(23)22(4)14-17-9-7-8-10-20(17)24-5/h7-13,19H,6,14H2,1-5H3/t19-/m0/s1. The van der Waals surface area contributed by atoms with Gasteiger partial charge in [-0.2, -0.15) is 0 Å². The Morgan fingerprint density at radius 2 is 1.84 bits per heavy atom. The quantitative estimate of drug-likeness (QED) is 0.760. The predicted molar refractivity (Wildman–Crippen MR) is 100 cm³/mol. The van der Waals surface area contributed by atoms with E-state index in [9.17, 15) is 4.79 Å². The summed E-state index contributed by atoms with van der Waals surface area (Å²) in [6.45, 7) is 6.54. The number of rotatable bonds is 7. The van der Waals surface area contributed by atoms with Crippen molar-refractivity contribution in [2.75, 3.05) is 14.2 Å². The molecule has 0 aliphatic carbocycles. The van der Waals surface area contributed by atoms with Crippen LogP contribution in [0, 0.1) is 13.8 Å². The first-order chi connectivity index (χ1) is 12.0. The molecule has 0 N–H and O–H groups in total. The van der Waals surface area contributed by atoms with E-state index in [1.54, 1.807) is 19.1 Å². The number of carbonyl (C=O) groups excluding carboxylic acids is 1. The second-order valence-corrected chi connectivity index (χ2v) is 6.27. The zero-order valence-electron chi connectivity index (χ0n) is 15.7. The van der Waals surface area contributed by atoms with Gasteiger partial charge in [0.15, 0.2) is 6.10 Å². The molecule has 4 nitrogen and oxygen atoms in total. The third kappa shape index (κ3) is 4.75. The average molecular weight is 341 g/mol. The van der Waals surface area contributed by atoms with Crippen LogP contribution in [0.4, 0.5) is 0 Å². The van der Waals surface area contributed by atoms with Gasteiger partial charge in [-0.25, -0.2) is 0 Å². The Morgan fingerprint density at radius 1 is 1.12 bits per heavy atom. The Hall–Kier alpha value is -2.49. The monoisotopic (exact) mass is 341 g/mol. The van der Waals surface area contributed by atoms with Gasteiger partial charge in [0.2, 0.25) is 0 Å². The van der Waals surface area contributed by atoms with Gasteiger partial charge in [-0.15, -0.1) is 0 Å². The maximum absolute atomic E-state index is 12.8. The van der Waals surface area contributed by atoms with Crippen molar-refractivity contribution in [2.24, 2.45) is 0 Å². The van der Waals surface area contributed by atoms with Crippen molar-refractivity contribution in [1.82, 2.24) is 4.90 Å². The lowest BCUT2D eigenvalue weighted by Gasteiger charge is -2.24. The molecule has 0 spiro atoms. The van der Waals surface area contributed by atoms with Crippen molar-refractivity contribution in [3.05, 3.63) is 59.2 Å². The molecule has 0 saturated carbocycles. The van der Waals surface area contributed by atoms with Crippen LogP contribution in [-0.4, -0.2) is 31.1 Å². The zero-order valence-corrected chi connectivity index (χ0v) is 15.7. The molecular weight excluding hydrogens is 314 g/mol. The number of nitrogens with zero attached hydrogens (tertiary/aromatic N) is 1. The van der Waals surface area contributed by atoms with Gasteiger partial charge in [-0.1, -0.05) is 31.2 Å². The van der Waals surface area contributed by atoms with Gasteiger partial charge >= 0.3 is 0 Å². The van der Waals surface area contributed by atoms with Crippen molar-refractivity contribution in [1.29, 1.82) is 0 Å². The molecule has 0 aliphatic heterocycles. The van der Waals surface area contributed by atoms with E-state index < -0.39 is 6.10 Å². The third-order valence-corrected chi connectivity index (χ3v) is 4.38. The van der Waals surface area contributed by atoms with E-state index in [1.165, 1.54) is 5.56 Å². The lowest BCUT2D eigenvalue weighted by Crippen LogP contribution is -2.39. The van der Waals surface area contributed by atoms with Gasteiger partial charge in [0.1, 0.15) is 11.5 Å². The number of aryl methyl sites for hydroxylation is 2. The molecule has 0 unspecified atom stereocenters. The van der Waals surface area contributed by atoms with Crippen LogP contribution in [0.15, 0.2) is 42.5 Å². The number of para-hydroxylation sites is 1. The normalized spacial score (nSPS) is 11.7. The number of carbonyl (C=O) groups is 1. The summed E-state index contributed by atoms with van der Waals surface area (Å²) in [6, 6.07) is 13.6. The zero-order chi connectivity index (χ0) is 18.4. The van der Waals surface area contributed by atoms with Crippen LogP contribution in [0.1, 0.15) is 30.0 Å². The van der Waals surface area contributed by atoms with Gasteiger partial charge in [-0.3, -0.25) is 4.79 Å². The number of likely N-dealkylation sites (N-methyl/N-ethyl adjacent to an activating group) is 1. The molecule has 2 aromatic rings. The molecule has 134 valence electrons. The largest absolute Gasteiger partial charge is 0.496 e. The summed E-state index contributed by atoms with van der Waals surface area (Å²) in [4.78, 5) is 14.5. The lowest BCUT2D eigenvalue weighted by molar-refractivity contribution is -0.138. The van der Waals surface area contributed by atoms with E-state index in [4.69, 9.17) is 9.47 Å². The van der Waals surface area contributed by atoms with Crippen LogP contribution in [0.3, 0.4) is 0 Å². The Kier molecular flexibility index (Phi) is 6.45. The van der Waals surface area contributed by atoms with Gasteiger partial charge in [0.25, 0.3) is 5.91 Å². The van der Waals surface area contributed by atoms with Gasteiger partial charge in [-0.05, 0) is 49.6 Å². The Bertz CT molecular complexity index is 727. The molecule has 2 rings (SSSR count). The molecule has 2 aromatic carbocycles. The summed E-state index contributed by atoms with van der Waals surface area (Å²) in [5, 5.41) is 0. The topological polar surface area (TPSA) is 38.8 Å². The van der Waals surface area contributed by atoms with Crippen LogP contribution < -0.4 is 9.47 Å². The average Bonchev–Trinajstić information content (AvgIpc) is 2.62. The van der Waals surface area contributed by atoms with E-state index in [2.05, 4.69) is 6.92 Å². The third-order valence-electron chi connectivity index (χ3n) is 4.38. The van der Waals surface area contributed by atoms with Crippen LogP contribution >= 0.6 is 0 Å². The molecule has 0 radical (unpaired) electrons. The first-order valence-corrected chi connectivity index (χ1v) is 8.57. The number of benzene rings is 2. The molecule has 1 amide bonds. The minimum absolute atomic E-state index is 0.0355. The fourth-order valence-electron chi connectivity index (χ4n) is 2.67. The minimum Gasteiger partial charge on any atom is -0.496 e. The highest BCUT2D eigenvalue weighted by Gasteiger charge is 2.23. The van der Waals surface area contributed by atoms with Crippen LogP contribution in [-0.2, 0) is 11.3 Å². The van der Waals surface area contributed by atoms with E-state index >= 15 is 0 Å². The van der Waals surface area contributed by atoms with Crippen molar-refractivity contribution in [3.63, 3.8) is 0 Å². The highest BCUT2D eigenvalue weighted by molar-refractivity contribution is 5.81. The number of hydrogen-bond acceptors (Lipinski definition) is 3. The Labute approximate surface area is 150 Å². The van der Waals surface area contributed by atoms with E-state index in [0.717, 1.165) is 22.6 Å². The Balaban J connectivity index is 2.08. The molecule has 25 heavy (non-hydrogen) atoms. The molecule has 1 atom stereocenters. The summed E-state index contributed by atoms with van der Waals surface area (Å²) < 4.78 is 11.3. The minimum atomic E-state index is -0.498. The first kappa shape index (κ1) is 18.8. The smallest absolute Gasteiger partial charge is 0.263 e. The molecular formula is C21H27NO3. The summed E-state index contributed by atoms with van der Waals surface area (Å²) >= 11 is 0. The molecule has 0 aliphatic rings. The van der Waals surface area contributed by atoms with Crippen molar-refractivity contribution in [3.8, 4) is 11.5 Å². The van der Waals surface area contributed by atoms with Crippen LogP contribution in [0.5, 0.6) is 11.5 Å².